The van der Waals surface area contributed by atoms with Gasteiger partial charge in [0.15, 0.2) is 12.4 Å². The smallest absolute Gasteiger partial charge is 0.324 e. The minimum Gasteiger partial charge on any atom is -0.480 e. The Hall–Kier alpha value is -1.26. The van der Waals surface area contributed by atoms with E-state index in [0.717, 1.165) is 50.9 Å². The number of ether oxygens (including phenoxy) is 4. The summed E-state index contributed by atoms with van der Waals surface area (Å²) >= 11 is 0. The molecule has 8 fully saturated rings. The van der Waals surface area contributed by atoms with Gasteiger partial charge in [-0.15, -0.1) is 0 Å². The first kappa shape index (κ1) is 33.9. The Balaban J connectivity index is 0.00000378. The third-order valence-corrected chi connectivity index (χ3v) is 16.4. The summed E-state index contributed by atoms with van der Waals surface area (Å²) in [5.74, 6) is 1.48. The predicted molar refractivity (Wildman–Crippen MR) is 180 cm³/mol. The Morgan fingerprint density at radius 3 is 2.38 bits per heavy atom. The highest BCUT2D eigenvalue weighted by molar-refractivity contribution is 5.80. The Morgan fingerprint density at radius 1 is 0.958 bits per heavy atom. The number of rotatable bonds is 7. The number of carbonyl (C=O) groups is 2. The standard InChI is InChI=1S/C39H61NO8.H2/c1-23(41)46-32(35(4,5)44)27-10-8-25-28(47-27)20-26-24-9-11-29-34(2,3)30(12-15-38(29)22-37(24,38)17-16-36(25,26)6)48-31-21-40(18-19-45-31)39(33(42)43)13-7-14-39;/h24-32,44H,7-22H2,1-6H3,(H,42,43);1H/t24?,25?,26?,27?,28?,29?,30-,31?,32-,36?,37-,38+;/m0./s1. The van der Waals surface area contributed by atoms with E-state index in [-0.39, 0.29) is 42.8 Å². The molecule has 272 valence electrons. The number of carboxylic acids is 1. The van der Waals surface area contributed by atoms with Crippen LogP contribution in [0.4, 0.5) is 0 Å². The molecule has 0 aromatic heterocycles. The van der Waals surface area contributed by atoms with Crippen LogP contribution in [0.25, 0.3) is 0 Å². The molecule has 8 rings (SSSR count). The van der Waals surface area contributed by atoms with Crippen molar-refractivity contribution in [1.29, 1.82) is 0 Å². The van der Waals surface area contributed by atoms with E-state index in [1.807, 2.05) is 0 Å². The second-order valence-electron chi connectivity index (χ2n) is 19.1. The fourth-order valence-electron chi connectivity index (χ4n) is 14.0. The molecular weight excluding hydrogens is 610 g/mol. The Labute approximate surface area is 288 Å². The fraction of sp³-hybridized carbons (Fsp3) is 0.949. The van der Waals surface area contributed by atoms with Gasteiger partial charge < -0.3 is 29.2 Å². The zero-order valence-corrected chi connectivity index (χ0v) is 30.3. The molecule has 48 heavy (non-hydrogen) atoms. The molecule has 0 aromatic rings. The molecule has 2 spiro atoms. The van der Waals surface area contributed by atoms with E-state index in [1.54, 1.807) is 13.8 Å². The molecule has 2 saturated heterocycles. The van der Waals surface area contributed by atoms with E-state index in [9.17, 15) is 19.8 Å². The number of carboxylic acid groups (broad SMARTS) is 1. The van der Waals surface area contributed by atoms with Gasteiger partial charge in [0.25, 0.3) is 0 Å². The maximum absolute atomic E-state index is 12.2. The second-order valence-corrected chi connectivity index (χ2v) is 19.1. The lowest BCUT2D eigenvalue weighted by molar-refractivity contribution is -0.255. The van der Waals surface area contributed by atoms with Crippen molar-refractivity contribution in [2.45, 2.75) is 167 Å². The third kappa shape index (κ3) is 4.71. The van der Waals surface area contributed by atoms with Crippen LogP contribution in [0, 0.1) is 45.3 Å². The molecule has 0 amide bonds. The second kappa shape index (κ2) is 11.1. The van der Waals surface area contributed by atoms with Gasteiger partial charge in [0.05, 0.1) is 37.1 Å². The van der Waals surface area contributed by atoms with Crippen LogP contribution in [0.1, 0.15) is 126 Å². The number of carbonyl (C=O) groups excluding carboxylic acids is 1. The van der Waals surface area contributed by atoms with E-state index >= 15 is 0 Å². The first-order valence-corrected chi connectivity index (χ1v) is 19.4. The largest absolute Gasteiger partial charge is 0.480 e. The number of morpholine rings is 1. The monoisotopic (exact) mass is 673 g/mol. The predicted octanol–water partition coefficient (Wildman–Crippen LogP) is 6.19. The van der Waals surface area contributed by atoms with Crippen LogP contribution in [0.2, 0.25) is 0 Å². The molecule has 12 atom stereocenters. The molecule has 0 radical (unpaired) electrons. The van der Waals surface area contributed by atoms with Gasteiger partial charge in [-0.3, -0.25) is 14.5 Å². The van der Waals surface area contributed by atoms with Crippen molar-refractivity contribution >= 4 is 11.9 Å². The quantitative estimate of drug-likeness (QED) is 0.305. The first-order valence-electron chi connectivity index (χ1n) is 19.4. The minimum absolute atomic E-state index is 0. The van der Waals surface area contributed by atoms with Gasteiger partial charge in [0, 0.05) is 14.9 Å². The lowest BCUT2D eigenvalue weighted by Crippen LogP contribution is -2.64. The van der Waals surface area contributed by atoms with Gasteiger partial charge in [0.2, 0.25) is 0 Å². The van der Waals surface area contributed by atoms with E-state index in [4.69, 9.17) is 18.9 Å². The number of aliphatic hydroxyl groups is 1. The summed E-state index contributed by atoms with van der Waals surface area (Å²) in [7, 11) is 0. The van der Waals surface area contributed by atoms with E-state index in [2.05, 4.69) is 25.7 Å². The van der Waals surface area contributed by atoms with Crippen molar-refractivity contribution in [3.63, 3.8) is 0 Å². The summed E-state index contributed by atoms with van der Waals surface area (Å²) in [6.07, 6.45) is 13.2. The van der Waals surface area contributed by atoms with Crippen LogP contribution in [0.5, 0.6) is 0 Å². The normalized spacial score (nSPS) is 48.0. The summed E-state index contributed by atoms with van der Waals surface area (Å²) in [6, 6.07) is 0. The van der Waals surface area contributed by atoms with Gasteiger partial charge >= 0.3 is 11.9 Å². The molecule has 0 aromatic carbocycles. The van der Waals surface area contributed by atoms with E-state index < -0.39 is 23.2 Å². The zero-order valence-electron chi connectivity index (χ0n) is 30.3. The van der Waals surface area contributed by atoms with Crippen LogP contribution in [0.15, 0.2) is 0 Å². The maximum atomic E-state index is 12.2. The fourth-order valence-corrected chi connectivity index (χ4v) is 14.0. The highest BCUT2D eigenvalue weighted by Gasteiger charge is 2.81. The average Bonchev–Trinajstić information content (AvgIpc) is 3.56. The minimum atomic E-state index is -1.16. The van der Waals surface area contributed by atoms with Crippen molar-refractivity contribution in [3.05, 3.63) is 0 Å². The Morgan fingerprint density at radius 2 is 1.71 bits per heavy atom. The van der Waals surface area contributed by atoms with Crippen molar-refractivity contribution in [2.75, 3.05) is 19.7 Å². The van der Waals surface area contributed by atoms with E-state index in [0.29, 0.717) is 48.3 Å². The highest BCUT2D eigenvalue weighted by Crippen LogP contribution is 2.87. The molecule has 2 N–H and O–H groups in total. The molecule has 2 heterocycles. The van der Waals surface area contributed by atoms with Crippen LogP contribution >= 0.6 is 0 Å². The summed E-state index contributed by atoms with van der Waals surface area (Å²) in [6.45, 7) is 14.1. The van der Waals surface area contributed by atoms with Crippen LogP contribution in [-0.2, 0) is 28.5 Å². The summed E-state index contributed by atoms with van der Waals surface area (Å²) < 4.78 is 25.6. The van der Waals surface area contributed by atoms with E-state index in [1.165, 1.54) is 45.4 Å². The van der Waals surface area contributed by atoms with Gasteiger partial charge in [-0.25, -0.2) is 0 Å². The molecule has 9 heteroatoms. The van der Waals surface area contributed by atoms with Crippen LogP contribution in [-0.4, -0.2) is 88.6 Å². The molecule has 0 bridgehead atoms. The lowest BCUT2D eigenvalue weighted by atomic mass is 9.46. The SMILES string of the molecule is CC(=O)O[C@@H](C1CCC2C(CC3C4CCC5C(C)(C)[C@@H](OC6CN(C7(C(=O)O)CCC7)CCO6)CC[C@@]56C[C@@]46CCC23C)O1)C(C)(C)O.[HH]. The van der Waals surface area contributed by atoms with Gasteiger partial charge in [-0.1, -0.05) is 20.8 Å². The number of esters is 1. The highest BCUT2D eigenvalue weighted by atomic mass is 16.7. The number of hydrogen-bond acceptors (Lipinski definition) is 8. The lowest BCUT2D eigenvalue weighted by Gasteiger charge is -2.60. The van der Waals surface area contributed by atoms with Crippen molar-refractivity contribution in [1.82, 2.24) is 4.90 Å². The van der Waals surface area contributed by atoms with Gasteiger partial charge in [0.1, 0.15) is 5.54 Å². The van der Waals surface area contributed by atoms with Crippen molar-refractivity contribution in [3.8, 4) is 0 Å². The van der Waals surface area contributed by atoms with Crippen molar-refractivity contribution < 1.29 is 40.2 Å². The molecular formula is C39H63NO8. The maximum Gasteiger partial charge on any atom is 0.324 e. The van der Waals surface area contributed by atoms with Gasteiger partial charge in [-0.05, 0) is 143 Å². The molecule has 8 unspecified atom stereocenters. The van der Waals surface area contributed by atoms with Gasteiger partial charge in [-0.2, -0.15) is 0 Å². The molecule has 9 nitrogen and oxygen atoms in total. The first-order chi connectivity index (χ1) is 22.6. The third-order valence-electron chi connectivity index (χ3n) is 16.4. The Bertz CT molecular complexity index is 1310. The zero-order chi connectivity index (χ0) is 34.1. The summed E-state index contributed by atoms with van der Waals surface area (Å²) in [5.41, 5.74) is -0.744. The number of nitrogens with zero attached hydrogens (tertiary/aromatic N) is 1. The summed E-state index contributed by atoms with van der Waals surface area (Å²) in [5, 5.41) is 21.0. The molecule has 2 aliphatic heterocycles. The van der Waals surface area contributed by atoms with Crippen LogP contribution in [0.3, 0.4) is 0 Å². The molecule has 6 aliphatic carbocycles. The van der Waals surface area contributed by atoms with Crippen molar-refractivity contribution in [2.24, 2.45) is 45.3 Å². The molecule has 6 saturated carbocycles. The number of fused-ring (bicyclic) bond motifs is 4. The number of aliphatic carboxylic acids is 1. The molecule has 8 aliphatic rings. The summed E-state index contributed by atoms with van der Waals surface area (Å²) in [4.78, 5) is 26.3. The Kier molecular flexibility index (Phi) is 7.84. The average molecular weight is 674 g/mol. The topological polar surface area (TPSA) is 115 Å². The van der Waals surface area contributed by atoms with Crippen LogP contribution < -0.4 is 0 Å². The number of hydrogen-bond donors (Lipinski definition) is 2.